The molecule has 5 aliphatic rings. The van der Waals surface area contributed by atoms with Gasteiger partial charge in [-0.25, -0.2) is 4.79 Å². The molecule has 0 spiro atoms. The Kier molecular flexibility index (Phi) is 15.0. The van der Waals surface area contributed by atoms with Gasteiger partial charge in [0.05, 0.1) is 24.8 Å². The summed E-state index contributed by atoms with van der Waals surface area (Å²) < 4.78 is 26.8. The van der Waals surface area contributed by atoms with Gasteiger partial charge in [0.15, 0.2) is 0 Å². The highest BCUT2D eigenvalue weighted by molar-refractivity contribution is 6.03. The lowest BCUT2D eigenvalue weighted by Crippen LogP contribution is -2.70. The van der Waals surface area contributed by atoms with Crippen LogP contribution in [0.15, 0.2) is 120 Å². The van der Waals surface area contributed by atoms with Crippen LogP contribution in [0.1, 0.15) is 99.7 Å². The molecule has 0 aromatic heterocycles. The summed E-state index contributed by atoms with van der Waals surface area (Å²) >= 11 is 0. The quantitative estimate of drug-likeness (QED) is 0.0448. The first-order valence-electron chi connectivity index (χ1n) is 24.5. The SMILES string of the molecule is C=CCOC12Oc3ccc(OC(=O)NCc4ccccc4)cc3C3C(CCCCO)C(CCCCO)C=C(C(=NOC4CCCCO4)CC1N(Cc1cccc4ccccc14)C(=O)C1CC1)C32. The summed E-state index contributed by atoms with van der Waals surface area (Å²) in [4.78, 5) is 36.9. The van der Waals surface area contributed by atoms with Crippen LogP contribution in [-0.4, -0.2) is 77.4 Å². The Balaban J connectivity index is 1.21. The van der Waals surface area contributed by atoms with Gasteiger partial charge in [-0.1, -0.05) is 103 Å². The third-order valence-electron chi connectivity index (χ3n) is 14.4. The summed E-state index contributed by atoms with van der Waals surface area (Å²) in [5, 5.41) is 30.2. The third-order valence-corrected chi connectivity index (χ3v) is 14.4. The number of aliphatic hydroxyl groups excluding tert-OH is 2. The average molecular weight is 912 g/mol. The molecule has 0 bridgehead atoms. The van der Waals surface area contributed by atoms with E-state index in [4.69, 9.17) is 28.9 Å². The van der Waals surface area contributed by atoms with Crippen molar-refractivity contribution in [1.29, 1.82) is 0 Å². The lowest BCUT2D eigenvalue weighted by molar-refractivity contribution is -0.258. The number of hydrogen-bond donors (Lipinski definition) is 3. The number of allylic oxidation sites excluding steroid dienone is 1. The Hall–Kier alpha value is -5.53. The van der Waals surface area contributed by atoms with Crippen LogP contribution >= 0.6 is 0 Å². The van der Waals surface area contributed by atoms with Crippen molar-refractivity contribution in [2.45, 2.75) is 114 Å². The molecule has 67 heavy (non-hydrogen) atoms. The number of nitrogens with one attached hydrogen (secondary N) is 1. The largest absolute Gasteiger partial charge is 0.459 e. The number of aliphatic hydroxyl groups is 2. The highest BCUT2D eigenvalue weighted by atomic mass is 16.8. The molecule has 4 aromatic carbocycles. The van der Waals surface area contributed by atoms with Crippen molar-refractivity contribution >= 4 is 28.5 Å². The summed E-state index contributed by atoms with van der Waals surface area (Å²) in [6, 6.07) is 29.1. The number of oxime groups is 1. The highest BCUT2D eigenvalue weighted by Gasteiger charge is 2.66. The monoisotopic (exact) mass is 911 g/mol. The van der Waals surface area contributed by atoms with Crippen molar-refractivity contribution < 1.29 is 43.6 Å². The first kappa shape index (κ1) is 46.6. The summed E-state index contributed by atoms with van der Waals surface area (Å²) in [5.41, 5.74) is 4.50. The van der Waals surface area contributed by atoms with Gasteiger partial charge < -0.3 is 44.2 Å². The number of hydrogen-bond acceptors (Lipinski definition) is 10. The molecule has 3 N–H and O–H groups in total. The summed E-state index contributed by atoms with van der Waals surface area (Å²) in [6.07, 6.45) is 12.1. The number of nitrogens with zero attached hydrogens (tertiary/aromatic N) is 2. The molecular weight excluding hydrogens is 847 g/mol. The van der Waals surface area contributed by atoms with Gasteiger partial charge in [0, 0.05) is 56.5 Å². The van der Waals surface area contributed by atoms with E-state index >= 15 is 4.79 Å². The summed E-state index contributed by atoms with van der Waals surface area (Å²) in [5.74, 6) is -1.28. The molecule has 0 radical (unpaired) electrons. The van der Waals surface area contributed by atoms with E-state index in [0.29, 0.717) is 50.5 Å². The number of carbonyl (C=O) groups is 2. The van der Waals surface area contributed by atoms with Crippen LogP contribution in [0.25, 0.3) is 10.8 Å². The molecular formula is C55H65N3O9. The first-order valence-corrected chi connectivity index (χ1v) is 24.5. The zero-order valence-electron chi connectivity index (χ0n) is 38.4. The van der Waals surface area contributed by atoms with Gasteiger partial charge in [-0.05, 0) is 109 Å². The van der Waals surface area contributed by atoms with Gasteiger partial charge >= 0.3 is 6.09 Å². The highest BCUT2D eigenvalue weighted by Crippen LogP contribution is 2.62. The van der Waals surface area contributed by atoms with Crippen LogP contribution in [0.4, 0.5) is 4.79 Å². The molecule has 2 amide bonds. The average Bonchev–Trinajstić information content (AvgIpc) is 4.22. The lowest BCUT2D eigenvalue weighted by Gasteiger charge is -2.60. The molecule has 9 rings (SSSR count). The summed E-state index contributed by atoms with van der Waals surface area (Å²) in [6.45, 7) is 5.65. The van der Waals surface area contributed by atoms with E-state index in [1.54, 1.807) is 12.1 Å². The number of carbonyl (C=O) groups excluding carboxylic acids is 2. The molecule has 1 saturated heterocycles. The van der Waals surface area contributed by atoms with Gasteiger partial charge in [0.25, 0.3) is 0 Å². The molecule has 3 fully saturated rings. The molecule has 4 aromatic rings. The Bertz CT molecular complexity index is 2410. The van der Waals surface area contributed by atoms with Crippen molar-refractivity contribution in [2.75, 3.05) is 26.4 Å². The van der Waals surface area contributed by atoms with Gasteiger partial charge in [-0.2, -0.15) is 0 Å². The lowest BCUT2D eigenvalue weighted by atomic mass is 9.55. The molecule has 7 unspecified atom stereocenters. The fraction of sp³-hybridized carbons (Fsp3) is 0.473. The standard InChI is InChI=1S/C55H65N3O9/c1-2-30-64-55-49(58(53(61)39-24-25-39)36-41-20-14-19-38-17-6-7-21-43(38)41)34-47(57-67-50-23-10-13-31-63-50)45-32-40(18-8-11-28-59)44(22-9-12-29-60)51(52(45)55)46-33-42(26-27-48(46)66-55)65-54(62)56-35-37-15-4-3-5-16-37/h2-7,14-17,19-21,26-27,32-33,39-40,44,49-52,59-60H,1,8-13,18,22-25,28-31,34-36H2,(H,56,62). The second-order valence-electron chi connectivity index (χ2n) is 18.8. The molecule has 2 heterocycles. The normalized spacial score (nSPS) is 25.8. The fourth-order valence-corrected chi connectivity index (χ4v) is 11.1. The number of ether oxygens (including phenoxy) is 4. The number of unbranched alkanes of at least 4 members (excludes halogenated alkanes) is 2. The van der Waals surface area contributed by atoms with Crippen molar-refractivity contribution in [3.8, 4) is 11.5 Å². The maximum Gasteiger partial charge on any atom is 0.412 e. The van der Waals surface area contributed by atoms with Crippen LogP contribution in [0, 0.1) is 23.7 Å². The van der Waals surface area contributed by atoms with Crippen LogP contribution in [0.2, 0.25) is 0 Å². The number of benzene rings is 4. The first-order chi connectivity index (χ1) is 32.9. The minimum absolute atomic E-state index is 0.00347. The second-order valence-corrected chi connectivity index (χ2v) is 18.8. The predicted molar refractivity (Wildman–Crippen MR) is 256 cm³/mol. The zero-order chi connectivity index (χ0) is 46.2. The summed E-state index contributed by atoms with van der Waals surface area (Å²) in [7, 11) is 0. The van der Waals surface area contributed by atoms with Gasteiger partial charge in [-0.15, -0.1) is 6.58 Å². The van der Waals surface area contributed by atoms with E-state index in [9.17, 15) is 15.0 Å². The van der Waals surface area contributed by atoms with Crippen LogP contribution in [0.5, 0.6) is 11.5 Å². The maximum atomic E-state index is 15.2. The molecule has 12 nitrogen and oxygen atoms in total. The Labute approximate surface area is 394 Å². The maximum absolute atomic E-state index is 15.2. The van der Waals surface area contributed by atoms with E-state index < -0.39 is 30.1 Å². The van der Waals surface area contributed by atoms with E-state index in [1.165, 1.54) is 0 Å². The Morgan fingerprint density at radius 3 is 2.48 bits per heavy atom. The molecule has 354 valence electrons. The van der Waals surface area contributed by atoms with Crippen LogP contribution in [0.3, 0.4) is 0 Å². The van der Waals surface area contributed by atoms with Gasteiger partial charge in [0.2, 0.25) is 18.0 Å². The molecule has 2 saturated carbocycles. The number of rotatable bonds is 20. The Morgan fingerprint density at radius 2 is 1.70 bits per heavy atom. The van der Waals surface area contributed by atoms with Crippen molar-refractivity contribution in [1.82, 2.24) is 10.2 Å². The van der Waals surface area contributed by atoms with E-state index in [0.717, 1.165) is 96.5 Å². The minimum Gasteiger partial charge on any atom is -0.459 e. The second kappa shape index (κ2) is 21.6. The van der Waals surface area contributed by atoms with Gasteiger partial charge in [-0.3, -0.25) is 4.79 Å². The van der Waals surface area contributed by atoms with Crippen molar-refractivity contribution in [3.05, 3.63) is 132 Å². The van der Waals surface area contributed by atoms with Gasteiger partial charge in [0.1, 0.15) is 17.5 Å². The van der Waals surface area contributed by atoms with Crippen LogP contribution in [-0.2, 0) is 32.2 Å². The van der Waals surface area contributed by atoms with E-state index in [1.807, 2.05) is 65.6 Å². The minimum atomic E-state index is -1.42. The number of amides is 2. The molecule has 12 heteroatoms. The molecule has 7 atom stereocenters. The number of fused-ring (bicyclic) bond motifs is 3. The third kappa shape index (κ3) is 10.3. The topological polar surface area (TPSA) is 148 Å². The van der Waals surface area contributed by atoms with Crippen LogP contribution < -0.4 is 14.8 Å². The molecule has 2 aliphatic heterocycles. The van der Waals surface area contributed by atoms with E-state index in [-0.39, 0.29) is 49.4 Å². The zero-order valence-corrected chi connectivity index (χ0v) is 38.4. The fourth-order valence-electron chi connectivity index (χ4n) is 11.1. The smallest absolute Gasteiger partial charge is 0.412 e. The predicted octanol–water partition coefficient (Wildman–Crippen LogP) is 9.73. The van der Waals surface area contributed by atoms with Crippen molar-refractivity contribution in [3.63, 3.8) is 0 Å². The Morgan fingerprint density at radius 1 is 0.910 bits per heavy atom. The molecule has 3 aliphatic carbocycles. The van der Waals surface area contributed by atoms with E-state index in [2.05, 4.69) is 42.2 Å². The van der Waals surface area contributed by atoms with Crippen molar-refractivity contribution in [2.24, 2.45) is 28.8 Å².